The molecule has 1 fully saturated rings. The van der Waals surface area contributed by atoms with Crippen molar-refractivity contribution in [2.75, 3.05) is 13.2 Å². The average Bonchev–Trinajstić information content (AvgIpc) is 3.35. The number of unbranched alkanes of at least 4 members (excludes halogenated alkanes) is 6. The number of benzene rings is 2. The first kappa shape index (κ1) is 28.6. The van der Waals surface area contributed by atoms with Gasteiger partial charge in [0, 0.05) is 18.8 Å². The van der Waals surface area contributed by atoms with Crippen LogP contribution in [0.2, 0.25) is 18.6 Å². The summed E-state index contributed by atoms with van der Waals surface area (Å²) in [7, 11) is -2.13. The Morgan fingerprint density at radius 2 is 1.44 bits per heavy atom. The van der Waals surface area contributed by atoms with Crippen LogP contribution in [-0.4, -0.2) is 33.0 Å². The van der Waals surface area contributed by atoms with Crippen LogP contribution < -0.4 is 10.9 Å². The van der Waals surface area contributed by atoms with E-state index in [0.717, 1.165) is 24.8 Å². The van der Waals surface area contributed by atoms with Crippen LogP contribution in [0, 0.1) is 5.92 Å². The van der Waals surface area contributed by atoms with Crippen LogP contribution in [0.1, 0.15) is 70.3 Å². The lowest BCUT2D eigenvalue weighted by atomic mass is 9.89. The number of ether oxygens (including phenoxy) is 2. The van der Waals surface area contributed by atoms with Gasteiger partial charge in [-0.15, -0.1) is 0 Å². The van der Waals surface area contributed by atoms with Gasteiger partial charge in [0.2, 0.25) is 5.91 Å². The number of hydrogen-bond donors (Lipinski definition) is 1. The Bertz CT molecular complexity index is 897. The van der Waals surface area contributed by atoms with Crippen LogP contribution >= 0.6 is 0 Å². The number of nitrogens with two attached hydrogens (primary N) is 1. The number of carbonyl (C=O) groups is 1. The van der Waals surface area contributed by atoms with Crippen LogP contribution in [-0.2, 0) is 20.7 Å². The number of primary amides is 1. The lowest BCUT2D eigenvalue weighted by Gasteiger charge is -2.42. The minimum absolute atomic E-state index is 0.0975. The molecular weight excluding hydrogens is 462 g/mol. The van der Waals surface area contributed by atoms with E-state index in [4.69, 9.17) is 15.2 Å². The fourth-order valence-electron chi connectivity index (χ4n) is 5.84. The Morgan fingerprint density at radius 1 is 0.889 bits per heavy atom. The molecule has 2 aromatic rings. The van der Waals surface area contributed by atoms with Gasteiger partial charge in [0.15, 0.2) is 5.79 Å². The van der Waals surface area contributed by atoms with Gasteiger partial charge in [-0.2, -0.15) is 0 Å². The van der Waals surface area contributed by atoms with Gasteiger partial charge >= 0.3 is 0 Å². The maximum Gasteiger partial charge on any atom is 0.220 e. The summed E-state index contributed by atoms with van der Waals surface area (Å²) in [6, 6.07) is 21.0. The zero-order chi connectivity index (χ0) is 25.9. The topological polar surface area (TPSA) is 61.6 Å². The van der Waals surface area contributed by atoms with Gasteiger partial charge in [-0.3, -0.25) is 4.79 Å². The molecule has 3 rings (SSSR count). The molecule has 0 aromatic heterocycles. The van der Waals surface area contributed by atoms with Gasteiger partial charge in [-0.1, -0.05) is 124 Å². The predicted molar refractivity (Wildman–Crippen MR) is 152 cm³/mol. The van der Waals surface area contributed by atoms with Crippen molar-refractivity contribution in [2.45, 2.75) is 95.6 Å². The summed E-state index contributed by atoms with van der Waals surface area (Å²) in [6.07, 6.45) is 11.0. The van der Waals surface area contributed by atoms with Crippen molar-refractivity contribution in [2.24, 2.45) is 11.7 Å². The molecule has 4 nitrogen and oxygen atoms in total. The Morgan fingerprint density at radius 3 is 2.03 bits per heavy atom. The SMILES string of the molecule is CCCCCCCCCC1(C[C@@H]([C@H](Cc2ccccc2)C(N)=O)[Si](C)(C)c2ccccc2)OCCO1. The summed E-state index contributed by atoms with van der Waals surface area (Å²) in [6.45, 7) is 8.26. The molecule has 0 radical (unpaired) electrons. The van der Waals surface area contributed by atoms with Gasteiger partial charge in [0.25, 0.3) is 0 Å². The molecule has 1 amide bonds. The standard InChI is InChI=1S/C31H47NO3Si/c1-4-5-6-7-8-9-16-21-31(34-22-23-35-31)25-29(36(2,3)27-19-14-11-15-20-27)28(30(32)33)24-26-17-12-10-13-18-26/h10-15,17-20,28-29H,4-9,16,21-25H2,1-3H3,(H2,32,33)/t28-,29-/m0/s1. The third-order valence-electron chi connectivity index (χ3n) is 8.10. The quantitative estimate of drug-likeness (QED) is 0.205. The normalized spacial score (nSPS) is 17.1. The fourth-order valence-corrected chi connectivity index (χ4v) is 9.43. The molecule has 1 aliphatic heterocycles. The van der Waals surface area contributed by atoms with E-state index in [2.05, 4.69) is 62.5 Å². The minimum atomic E-state index is -2.13. The summed E-state index contributed by atoms with van der Waals surface area (Å²) < 4.78 is 12.8. The maximum atomic E-state index is 13.0. The Balaban J connectivity index is 1.84. The van der Waals surface area contributed by atoms with E-state index in [-0.39, 0.29) is 17.4 Å². The average molecular weight is 510 g/mol. The molecule has 0 spiro atoms. The Hall–Kier alpha value is -1.95. The first-order valence-electron chi connectivity index (χ1n) is 14.0. The van der Waals surface area contributed by atoms with Crippen molar-refractivity contribution >= 4 is 19.2 Å². The van der Waals surface area contributed by atoms with E-state index in [1.54, 1.807) is 0 Å². The second kappa shape index (κ2) is 14.1. The fraction of sp³-hybridized carbons (Fsp3) is 0.581. The molecule has 0 bridgehead atoms. The molecule has 36 heavy (non-hydrogen) atoms. The van der Waals surface area contributed by atoms with Crippen molar-refractivity contribution in [3.63, 3.8) is 0 Å². The van der Waals surface area contributed by atoms with Gasteiger partial charge in [-0.25, -0.2) is 0 Å². The largest absolute Gasteiger partial charge is 0.369 e. The molecule has 198 valence electrons. The van der Waals surface area contributed by atoms with Crippen molar-refractivity contribution in [3.05, 3.63) is 66.2 Å². The summed E-state index contributed by atoms with van der Waals surface area (Å²) >= 11 is 0. The number of amides is 1. The van der Waals surface area contributed by atoms with Crippen LogP contribution in [0.15, 0.2) is 60.7 Å². The highest BCUT2D eigenvalue weighted by atomic mass is 28.3. The molecule has 1 saturated heterocycles. The first-order valence-corrected chi connectivity index (χ1v) is 17.1. The molecule has 0 saturated carbocycles. The van der Waals surface area contributed by atoms with Crippen LogP contribution in [0.4, 0.5) is 0 Å². The van der Waals surface area contributed by atoms with Crippen molar-refractivity contribution in [3.8, 4) is 0 Å². The summed E-state index contributed by atoms with van der Waals surface area (Å²) in [5.41, 5.74) is 7.41. The van der Waals surface area contributed by atoms with Crippen LogP contribution in [0.3, 0.4) is 0 Å². The molecular formula is C31H47NO3Si. The highest BCUT2D eigenvalue weighted by molar-refractivity contribution is 6.91. The summed E-state index contributed by atoms with van der Waals surface area (Å²) in [5, 5.41) is 1.35. The molecule has 0 unspecified atom stereocenters. The monoisotopic (exact) mass is 509 g/mol. The van der Waals surface area contributed by atoms with Crippen LogP contribution in [0.5, 0.6) is 0 Å². The lowest BCUT2D eigenvalue weighted by molar-refractivity contribution is -0.170. The summed E-state index contributed by atoms with van der Waals surface area (Å²) in [4.78, 5) is 13.0. The van der Waals surface area contributed by atoms with Crippen molar-refractivity contribution in [1.82, 2.24) is 0 Å². The third kappa shape index (κ3) is 8.02. The molecule has 1 heterocycles. The Kier molecular flexibility index (Phi) is 11.2. The van der Waals surface area contributed by atoms with E-state index in [9.17, 15) is 4.79 Å². The second-order valence-corrected chi connectivity index (χ2v) is 15.8. The highest BCUT2D eigenvalue weighted by Gasteiger charge is 2.48. The zero-order valence-electron chi connectivity index (χ0n) is 22.7. The summed E-state index contributed by atoms with van der Waals surface area (Å²) in [5.74, 6) is -1.10. The molecule has 0 aliphatic carbocycles. The zero-order valence-corrected chi connectivity index (χ0v) is 23.7. The highest BCUT2D eigenvalue weighted by Crippen LogP contribution is 2.43. The number of carbonyl (C=O) groups excluding carboxylic acids is 1. The minimum Gasteiger partial charge on any atom is -0.369 e. The van der Waals surface area contributed by atoms with Crippen molar-refractivity contribution < 1.29 is 14.3 Å². The maximum absolute atomic E-state index is 13.0. The van der Waals surface area contributed by atoms with E-state index in [0.29, 0.717) is 19.6 Å². The molecule has 2 N–H and O–H groups in total. The molecule has 1 aliphatic rings. The Labute approximate surface area is 220 Å². The van der Waals surface area contributed by atoms with Gasteiger partial charge in [0.05, 0.1) is 21.3 Å². The smallest absolute Gasteiger partial charge is 0.220 e. The number of rotatable bonds is 16. The van der Waals surface area contributed by atoms with Crippen molar-refractivity contribution in [1.29, 1.82) is 0 Å². The number of hydrogen-bond acceptors (Lipinski definition) is 3. The molecule has 2 aromatic carbocycles. The molecule has 5 heteroatoms. The van der Waals surface area contributed by atoms with E-state index in [1.807, 2.05) is 18.2 Å². The van der Waals surface area contributed by atoms with Crippen LogP contribution in [0.25, 0.3) is 0 Å². The van der Waals surface area contributed by atoms with E-state index < -0.39 is 13.9 Å². The first-order chi connectivity index (χ1) is 17.4. The van der Waals surface area contributed by atoms with Gasteiger partial charge in [-0.05, 0) is 23.9 Å². The van der Waals surface area contributed by atoms with E-state index >= 15 is 0 Å². The van der Waals surface area contributed by atoms with Gasteiger partial charge < -0.3 is 15.2 Å². The predicted octanol–water partition coefficient (Wildman–Crippen LogP) is 6.59. The van der Waals surface area contributed by atoms with E-state index in [1.165, 1.54) is 43.7 Å². The second-order valence-electron chi connectivity index (χ2n) is 11.1. The third-order valence-corrected chi connectivity index (χ3v) is 12.4. The van der Waals surface area contributed by atoms with Gasteiger partial charge in [0.1, 0.15) is 0 Å². The lowest BCUT2D eigenvalue weighted by Crippen LogP contribution is -2.53. The molecule has 2 atom stereocenters.